The van der Waals surface area contributed by atoms with E-state index in [1.54, 1.807) is 11.3 Å². The number of rotatable bonds is 4. The van der Waals surface area contributed by atoms with Gasteiger partial charge in [0.1, 0.15) is 0 Å². The Morgan fingerprint density at radius 2 is 1.86 bits per heavy atom. The number of nitrogens with zero attached hydrogens (tertiary/aromatic N) is 3. The highest BCUT2D eigenvalue weighted by Gasteiger charge is 2.13. The van der Waals surface area contributed by atoms with Crippen molar-refractivity contribution in [2.45, 2.75) is 39.8 Å². The first-order valence-corrected chi connectivity index (χ1v) is 8.12. The zero-order chi connectivity index (χ0) is 15.0. The predicted molar refractivity (Wildman–Crippen MR) is 87.2 cm³/mol. The van der Waals surface area contributed by atoms with Crippen LogP contribution in [0.25, 0.3) is 11.0 Å². The molecule has 0 aliphatic carbocycles. The van der Waals surface area contributed by atoms with Gasteiger partial charge in [0.05, 0.1) is 28.3 Å². The summed E-state index contributed by atoms with van der Waals surface area (Å²) < 4.78 is 3.63. The quantitative estimate of drug-likeness (QED) is 0.740. The summed E-state index contributed by atoms with van der Waals surface area (Å²) in [5, 5.41) is 3.18. The largest absolute Gasteiger partial charge is 0.329 e. The van der Waals surface area contributed by atoms with Crippen molar-refractivity contribution in [2.75, 3.05) is 0 Å². The number of benzene rings is 1. The van der Waals surface area contributed by atoms with E-state index in [1.165, 1.54) is 0 Å². The summed E-state index contributed by atoms with van der Waals surface area (Å²) in [6, 6.07) is 7.94. The number of fused-ring (bicyclic) bond motifs is 1. The second-order valence-corrected chi connectivity index (χ2v) is 6.32. The molecule has 0 bridgehead atoms. The Balaban J connectivity index is 2.07. The maximum absolute atomic E-state index is 12.6. The molecule has 3 rings (SSSR count). The fraction of sp³-hybridized carbons (Fsp3) is 0.375. The van der Waals surface area contributed by atoms with E-state index in [-0.39, 0.29) is 5.69 Å². The van der Waals surface area contributed by atoms with Gasteiger partial charge in [-0.3, -0.25) is 9.13 Å². The second kappa shape index (κ2) is 5.48. The molecule has 0 atom stereocenters. The van der Waals surface area contributed by atoms with E-state index in [4.69, 9.17) is 0 Å². The lowest BCUT2D eigenvalue weighted by Gasteiger charge is -2.01. The maximum atomic E-state index is 12.6. The van der Waals surface area contributed by atoms with Crippen LogP contribution in [-0.4, -0.2) is 14.1 Å². The molecule has 0 saturated carbocycles. The van der Waals surface area contributed by atoms with Crippen molar-refractivity contribution in [1.29, 1.82) is 0 Å². The number of hydrogen-bond acceptors (Lipinski definition) is 3. The predicted octanol–water partition coefficient (Wildman–Crippen LogP) is 3.45. The van der Waals surface area contributed by atoms with E-state index >= 15 is 0 Å². The molecule has 3 aromatic rings. The molecule has 0 aliphatic heterocycles. The molecule has 5 heteroatoms. The molecule has 0 aliphatic rings. The van der Waals surface area contributed by atoms with Gasteiger partial charge >= 0.3 is 5.69 Å². The molecule has 2 heterocycles. The Kier molecular flexibility index (Phi) is 3.68. The Labute approximate surface area is 127 Å². The summed E-state index contributed by atoms with van der Waals surface area (Å²) in [6.45, 7) is 7.49. The van der Waals surface area contributed by atoms with Gasteiger partial charge in [0.2, 0.25) is 0 Å². The van der Waals surface area contributed by atoms with Crippen molar-refractivity contribution in [3.05, 3.63) is 50.8 Å². The van der Waals surface area contributed by atoms with Crippen LogP contribution in [0.5, 0.6) is 0 Å². The number of aromatic nitrogens is 3. The number of aryl methyl sites for hydroxylation is 1. The molecule has 0 spiro atoms. The van der Waals surface area contributed by atoms with Crippen molar-refractivity contribution in [1.82, 2.24) is 14.1 Å². The van der Waals surface area contributed by atoms with E-state index in [2.05, 4.69) is 24.2 Å². The van der Waals surface area contributed by atoms with Gasteiger partial charge in [-0.2, -0.15) is 0 Å². The Morgan fingerprint density at radius 3 is 2.43 bits per heavy atom. The summed E-state index contributed by atoms with van der Waals surface area (Å²) in [5.74, 6) is 0.428. The third-order valence-electron chi connectivity index (χ3n) is 3.62. The van der Waals surface area contributed by atoms with Crippen molar-refractivity contribution < 1.29 is 0 Å². The lowest BCUT2D eigenvalue weighted by molar-refractivity contribution is 0.676. The fourth-order valence-corrected chi connectivity index (χ4v) is 3.38. The van der Waals surface area contributed by atoms with Gasteiger partial charge in [0, 0.05) is 17.8 Å². The summed E-state index contributed by atoms with van der Waals surface area (Å²) in [5.41, 5.74) is 2.97. The average Bonchev–Trinajstić information content (AvgIpc) is 3.04. The highest BCUT2D eigenvalue weighted by molar-refractivity contribution is 7.09. The van der Waals surface area contributed by atoms with Crippen molar-refractivity contribution in [3.63, 3.8) is 0 Å². The smallest absolute Gasteiger partial charge is 0.292 e. The second-order valence-electron chi connectivity index (χ2n) is 5.43. The lowest BCUT2D eigenvalue weighted by atomic mass is 10.2. The Bertz CT molecular complexity index is 826. The van der Waals surface area contributed by atoms with Gasteiger partial charge in [-0.05, 0) is 19.1 Å². The van der Waals surface area contributed by atoms with Gasteiger partial charge in [0.25, 0.3) is 0 Å². The van der Waals surface area contributed by atoms with Crippen LogP contribution in [0.3, 0.4) is 0 Å². The van der Waals surface area contributed by atoms with Gasteiger partial charge < -0.3 is 0 Å². The van der Waals surface area contributed by atoms with Crippen LogP contribution in [0.4, 0.5) is 0 Å². The minimum atomic E-state index is 0.0396. The fourth-order valence-electron chi connectivity index (χ4n) is 2.55. The van der Waals surface area contributed by atoms with Crippen LogP contribution in [0.1, 0.15) is 37.4 Å². The first kappa shape index (κ1) is 14.1. The van der Waals surface area contributed by atoms with Crippen LogP contribution in [0.2, 0.25) is 0 Å². The molecule has 4 nitrogen and oxygen atoms in total. The molecule has 0 saturated heterocycles. The van der Waals surface area contributed by atoms with Crippen LogP contribution in [0, 0.1) is 0 Å². The summed E-state index contributed by atoms with van der Waals surface area (Å²) in [7, 11) is 0. The molecule has 1 aromatic carbocycles. The maximum Gasteiger partial charge on any atom is 0.329 e. The van der Waals surface area contributed by atoms with Gasteiger partial charge in [-0.25, -0.2) is 9.78 Å². The zero-order valence-corrected chi connectivity index (χ0v) is 13.4. The Hall–Kier alpha value is -1.88. The van der Waals surface area contributed by atoms with Crippen molar-refractivity contribution in [3.8, 4) is 0 Å². The molecule has 110 valence electrons. The topological polar surface area (TPSA) is 39.8 Å². The Morgan fingerprint density at radius 1 is 1.19 bits per heavy atom. The number of para-hydroxylation sites is 2. The molecular weight excluding hydrogens is 282 g/mol. The highest BCUT2D eigenvalue weighted by Crippen LogP contribution is 2.20. The van der Waals surface area contributed by atoms with Gasteiger partial charge in [0.15, 0.2) is 0 Å². The van der Waals surface area contributed by atoms with E-state index in [0.29, 0.717) is 19.0 Å². The molecule has 0 radical (unpaired) electrons. The number of thiazole rings is 1. The molecule has 2 aromatic heterocycles. The molecular formula is C16H19N3OS. The van der Waals surface area contributed by atoms with Crippen LogP contribution >= 0.6 is 11.3 Å². The highest BCUT2D eigenvalue weighted by atomic mass is 32.1. The van der Waals surface area contributed by atoms with Gasteiger partial charge in [-0.15, -0.1) is 11.3 Å². The summed E-state index contributed by atoms with van der Waals surface area (Å²) >= 11 is 1.67. The number of hydrogen-bond donors (Lipinski definition) is 0. The third kappa shape index (κ3) is 2.42. The SMILES string of the molecule is CCn1c(=O)n(Cc2csc(C(C)C)n2)c2ccccc21. The molecule has 0 amide bonds. The molecule has 0 unspecified atom stereocenters. The monoisotopic (exact) mass is 301 g/mol. The zero-order valence-electron chi connectivity index (χ0n) is 12.5. The molecule has 0 fully saturated rings. The van der Waals surface area contributed by atoms with E-state index < -0.39 is 0 Å². The standard InChI is InChI=1S/C16H19N3OS/c1-4-18-13-7-5-6-8-14(13)19(16(18)20)9-12-10-21-15(17-12)11(2)3/h5-8,10-11H,4,9H2,1-3H3. The molecule has 0 N–H and O–H groups in total. The molecule has 21 heavy (non-hydrogen) atoms. The van der Waals surface area contributed by atoms with Crippen molar-refractivity contribution in [2.24, 2.45) is 0 Å². The van der Waals surface area contributed by atoms with Crippen molar-refractivity contribution >= 4 is 22.4 Å². The average molecular weight is 301 g/mol. The normalized spacial score (nSPS) is 11.6. The minimum absolute atomic E-state index is 0.0396. The van der Waals surface area contributed by atoms with E-state index in [0.717, 1.165) is 21.7 Å². The lowest BCUT2D eigenvalue weighted by Crippen LogP contribution is -2.24. The first-order valence-electron chi connectivity index (χ1n) is 7.24. The van der Waals surface area contributed by atoms with Crippen LogP contribution in [-0.2, 0) is 13.1 Å². The number of imidazole rings is 1. The third-order valence-corrected chi connectivity index (χ3v) is 4.82. The van der Waals surface area contributed by atoms with Crippen LogP contribution < -0.4 is 5.69 Å². The summed E-state index contributed by atoms with van der Waals surface area (Å²) in [6.07, 6.45) is 0. The van der Waals surface area contributed by atoms with E-state index in [1.807, 2.05) is 40.3 Å². The van der Waals surface area contributed by atoms with E-state index in [9.17, 15) is 4.79 Å². The minimum Gasteiger partial charge on any atom is -0.292 e. The van der Waals surface area contributed by atoms with Crippen LogP contribution in [0.15, 0.2) is 34.4 Å². The van der Waals surface area contributed by atoms with Gasteiger partial charge in [-0.1, -0.05) is 26.0 Å². The first-order chi connectivity index (χ1) is 10.1. The summed E-state index contributed by atoms with van der Waals surface area (Å²) in [4.78, 5) is 17.2.